The van der Waals surface area contributed by atoms with Crippen LogP contribution in [0, 0.1) is 13.8 Å². The number of ether oxygens (including phenoxy) is 1. The van der Waals surface area contributed by atoms with E-state index in [4.69, 9.17) is 4.74 Å². The van der Waals surface area contributed by atoms with Crippen LogP contribution in [0.15, 0.2) is 30.6 Å². The first-order chi connectivity index (χ1) is 11.6. The standard InChI is InChI=1S/C18H22N4O2/c1-13-10-14(2)21-18(20-13)16-12-22(8-9-24-16)17(23)6-5-15-4-3-7-19-11-15/h3-4,7,10-11,16H,5-6,8-9,12H2,1-2H3/t16-/m0/s1. The smallest absolute Gasteiger partial charge is 0.223 e. The number of pyridine rings is 1. The van der Waals surface area contributed by atoms with Gasteiger partial charge in [-0.3, -0.25) is 9.78 Å². The monoisotopic (exact) mass is 326 g/mol. The number of rotatable bonds is 4. The second-order valence-electron chi connectivity index (χ2n) is 6.07. The van der Waals surface area contributed by atoms with E-state index in [-0.39, 0.29) is 12.0 Å². The molecule has 1 amide bonds. The van der Waals surface area contributed by atoms with Crippen molar-refractivity contribution >= 4 is 5.91 Å². The normalized spacial score (nSPS) is 17.8. The molecular weight excluding hydrogens is 304 g/mol. The minimum atomic E-state index is -0.250. The lowest BCUT2D eigenvalue weighted by atomic mass is 10.1. The Morgan fingerprint density at radius 1 is 1.33 bits per heavy atom. The van der Waals surface area contributed by atoms with Crippen molar-refractivity contribution in [1.82, 2.24) is 19.9 Å². The molecular formula is C18H22N4O2. The van der Waals surface area contributed by atoms with Crippen LogP contribution in [0.1, 0.15) is 35.3 Å². The minimum Gasteiger partial charge on any atom is -0.367 e. The van der Waals surface area contributed by atoms with Gasteiger partial charge in [0.15, 0.2) is 5.82 Å². The van der Waals surface area contributed by atoms with Gasteiger partial charge in [0.2, 0.25) is 5.91 Å². The highest BCUT2D eigenvalue weighted by Crippen LogP contribution is 2.20. The highest BCUT2D eigenvalue weighted by atomic mass is 16.5. The number of amides is 1. The molecule has 1 fully saturated rings. The van der Waals surface area contributed by atoms with Gasteiger partial charge in [0.05, 0.1) is 13.2 Å². The number of morpholine rings is 1. The summed E-state index contributed by atoms with van der Waals surface area (Å²) in [5, 5.41) is 0. The molecule has 2 aromatic heterocycles. The zero-order valence-electron chi connectivity index (χ0n) is 14.1. The highest BCUT2D eigenvalue weighted by Gasteiger charge is 2.27. The van der Waals surface area contributed by atoms with E-state index >= 15 is 0 Å². The van der Waals surface area contributed by atoms with E-state index < -0.39 is 0 Å². The third-order valence-electron chi connectivity index (χ3n) is 4.06. The second-order valence-corrected chi connectivity index (χ2v) is 6.07. The van der Waals surface area contributed by atoms with Crippen LogP contribution in [-0.4, -0.2) is 45.5 Å². The third kappa shape index (κ3) is 4.14. The molecule has 0 unspecified atom stereocenters. The van der Waals surface area contributed by atoms with E-state index in [2.05, 4.69) is 15.0 Å². The van der Waals surface area contributed by atoms with Crippen LogP contribution < -0.4 is 0 Å². The Bertz CT molecular complexity index is 685. The molecule has 0 N–H and O–H groups in total. The van der Waals surface area contributed by atoms with Crippen LogP contribution >= 0.6 is 0 Å². The highest BCUT2D eigenvalue weighted by molar-refractivity contribution is 5.76. The van der Waals surface area contributed by atoms with E-state index in [1.807, 2.05) is 36.9 Å². The molecule has 1 aliphatic heterocycles. The van der Waals surface area contributed by atoms with Crippen LogP contribution in [0.5, 0.6) is 0 Å². The number of nitrogens with zero attached hydrogens (tertiary/aromatic N) is 4. The second kappa shape index (κ2) is 7.49. The largest absolute Gasteiger partial charge is 0.367 e. The average Bonchev–Trinajstić information content (AvgIpc) is 2.60. The Labute approximate surface area is 141 Å². The summed E-state index contributed by atoms with van der Waals surface area (Å²) in [6, 6.07) is 5.82. The number of carbonyl (C=O) groups is 1. The van der Waals surface area contributed by atoms with Crippen LogP contribution in [-0.2, 0) is 16.0 Å². The summed E-state index contributed by atoms with van der Waals surface area (Å²) in [5.41, 5.74) is 2.91. The molecule has 0 bridgehead atoms. The van der Waals surface area contributed by atoms with Crippen molar-refractivity contribution in [2.75, 3.05) is 19.7 Å². The van der Waals surface area contributed by atoms with Crippen molar-refractivity contribution in [2.45, 2.75) is 32.8 Å². The zero-order valence-corrected chi connectivity index (χ0v) is 14.1. The summed E-state index contributed by atoms with van der Waals surface area (Å²) in [6.07, 6.45) is 4.47. The van der Waals surface area contributed by atoms with Crippen molar-refractivity contribution in [3.8, 4) is 0 Å². The summed E-state index contributed by atoms with van der Waals surface area (Å²) in [7, 11) is 0. The van der Waals surface area contributed by atoms with Gasteiger partial charge in [-0.25, -0.2) is 9.97 Å². The molecule has 0 radical (unpaired) electrons. The van der Waals surface area contributed by atoms with Crippen molar-refractivity contribution in [1.29, 1.82) is 0 Å². The van der Waals surface area contributed by atoms with E-state index in [1.165, 1.54) is 0 Å². The van der Waals surface area contributed by atoms with Crippen molar-refractivity contribution < 1.29 is 9.53 Å². The fourth-order valence-corrected chi connectivity index (χ4v) is 2.88. The first-order valence-electron chi connectivity index (χ1n) is 8.22. The van der Waals surface area contributed by atoms with Crippen molar-refractivity contribution in [3.63, 3.8) is 0 Å². The van der Waals surface area contributed by atoms with Gasteiger partial charge in [-0.05, 0) is 38.0 Å². The molecule has 24 heavy (non-hydrogen) atoms. The van der Waals surface area contributed by atoms with Crippen LogP contribution in [0.25, 0.3) is 0 Å². The molecule has 0 spiro atoms. The molecule has 1 atom stereocenters. The van der Waals surface area contributed by atoms with Gasteiger partial charge in [-0.1, -0.05) is 6.07 Å². The van der Waals surface area contributed by atoms with Crippen LogP contribution in [0.3, 0.4) is 0 Å². The molecule has 0 aromatic carbocycles. The molecule has 126 valence electrons. The first-order valence-corrected chi connectivity index (χ1v) is 8.22. The lowest BCUT2D eigenvalue weighted by Crippen LogP contribution is -2.42. The van der Waals surface area contributed by atoms with Gasteiger partial charge in [-0.15, -0.1) is 0 Å². The topological polar surface area (TPSA) is 68.2 Å². The molecule has 3 heterocycles. The Balaban J connectivity index is 1.61. The number of aromatic nitrogens is 3. The summed E-state index contributed by atoms with van der Waals surface area (Å²) in [6.45, 7) is 5.53. The Morgan fingerprint density at radius 3 is 2.83 bits per heavy atom. The average molecular weight is 326 g/mol. The van der Waals surface area contributed by atoms with Crippen molar-refractivity contribution in [3.05, 3.63) is 53.4 Å². The maximum absolute atomic E-state index is 12.5. The maximum Gasteiger partial charge on any atom is 0.223 e. The van der Waals surface area contributed by atoms with Gasteiger partial charge >= 0.3 is 0 Å². The van der Waals surface area contributed by atoms with Gasteiger partial charge in [0.1, 0.15) is 6.10 Å². The van der Waals surface area contributed by atoms with E-state index in [0.29, 0.717) is 38.4 Å². The molecule has 0 aliphatic carbocycles. The van der Waals surface area contributed by atoms with Gasteiger partial charge in [-0.2, -0.15) is 0 Å². The molecule has 0 saturated carbocycles. The number of carbonyl (C=O) groups excluding carboxylic acids is 1. The Hall–Kier alpha value is -2.34. The first kappa shape index (κ1) is 16.5. The van der Waals surface area contributed by atoms with Crippen LogP contribution in [0.2, 0.25) is 0 Å². The summed E-state index contributed by atoms with van der Waals surface area (Å²) < 4.78 is 5.79. The summed E-state index contributed by atoms with van der Waals surface area (Å²) >= 11 is 0. The maximum atomic E-state index is 12.5. The van der Waals surface area contributed by atoms with Crippen molar-refractivity contribution in [2.24, 2.45) is 0 Å². The molecule has 1 aliphatic rings. The predicted molar refractivity (Wildman–Crippen MR) is 89.3 cm³/mol. The van der Waals surface area contributed by atoms with Gasteiger partial charge in [0.25, 0.3) is 0 Å². The molecule has 6 heteroatoms. The zero-order chi connectivity index (χ0) is 16.9. The summed E-state index contributed by atoms with van der Waals surface area (Å²) in [4.78, 5) is 27.4. The number of hydrogen-bond acceptors (Lipinski definition) is 5. The molecule has 1 saturated heterocycles. The van der Waals surface area contributed by atoms with Gasteiger partial charge in [0, 0.05) is 36.7 Å². The van der Waals surface area contributed by atoms with E-state index in [0.717, 1.165) is 17.0 Å². The minimum absolute atomic E-state index is 0.136. The number of aryl methyl sites for hydroxylation is 3. The SMILES string of the molecule is Cc1cc(C)nc([C@@H]2CN(C(=O)CCc3cccnc3)CCO2)n1. The lowest BCUT2D eigenvalue weighted by molar-refractivity contribution is -0.139. The lowest BCUT2D eigenvalue weighted by Gasteiger charge is -2.32. The number of hydrogen-bond donors (Lipinski definition) is 0. The Kier molecular flexibility index (Phi) is 5.15. The Morgan fingerprint density at radius 2 is 2.12 bits per heavy atom. The van der Waals surface area contributed by atoms with Crippen LogP contribution in [0.4, 0.5) is 0 Å². The third-order valence-corrected chi connectivity index (χ3v) is 4.06. The van der Waals surface area contributed by atoms with Gasteiger partial charge < -0.3 is 9.64 Å². The fourth-order valence-electron chi connectivity index (χ4n) is 2.88. The summed E-state index contributed by atoms with van der Waals surface area (Å²) in [5.74, 6) is 0.800. The van der Waals surface area contributed by atoms with E-state index in [9.17, 15) is 4.79 Å². The molecule has 6 nitrogen and oxygen atoms in total. The fraction of sp³-hybridized carbons (Fsp3) is 0.444. The molecule has 3 rings (SSSR count). The predicted octanol–water partition coefficient (Wildman–Crippen LogP) is 2.02. The molecule has 2 aromatic rings. The van der Waals surface area contributed by atoms with E-state index in [1.54, 1.807) is 12.4 Å². The quantitative estimate of drug-likeness (QED) is 0.860.